The first-order valence-corrected chi connectivity index (χ1v) is 9.30. The highest BCUT2D eigenvalue weighted by Crippen LogP contribution is 2.12. The zero-order valence-corrected chi connectivity index (χ0v) is 16.9. The van der Waals surface area contributed by atoms with Crippen molar-refractivity contribution in [3.8, 4) is 5.75 Å². The van der Waals surface area contributed by atoms with Crippen molar-refractivity contribution in [3.63, 3.8) is 0 Å². The number of nitrogens with zero attached hydrogens (tertiary/aromatic N) is 2. The molecule has 0 aliphatic rings. The quantitative estimate of drug-likeness (QED) is 0.513. The topological polar surface area (TPSA) is 85.2 Å². The Morgan fingerprint density at radius 3 is 2.57 bits per heavy atom. The summed E-state index contributed by atoms with van der Waals surface area (Å²) < 4.78 is 7.02. The van der Waals surface area contributed by atoms with E-state index in [2.05, 4.69) is 15.7 Å². The molecule has 2 N–H and O–H groups in total. The summed E-state index contributed by atoms with van der Waals surface area (Å²) in [4.78, 5) is 24.1. The third-order valence-corrected chi connectivity index (χ3v) is 4.24. The van der Waals surface area contributed by atoms with Gasteiger partial charge in [-0.05, 0) is 57.0 Å². The van der Waals surface area contributed by atoms with Crippen LogP contribution in [0, 0.1) is 13.8 Å². The highest BCUT2D eigenvalue weighted by atomic mass is 16.5. The number of benzene rings is 1. The minimum atomic E-state index is -0.610. The van der Waals surface area contributed by atoms with Crippen molar-refractivity contribution in [1.82, 2.24) is 20.4 Å². The summed E-state index contributed by atoms with van der Waals surface area (Å²) >= 11 is 0. The lowest BCUT2D eigenvalue weighted by molar-refractivity contribution is -0.126. The average Bonchev–Trinajstić information content (AvgIpc) is 3.00. The molecule has 1 atom stereocenters. The lowest BCUT2D eigenvalue weighted by Gasteiger charge is -2.13. The predicted octanol–water partition coefficient (Wildman–Crippen LogP) is 2.23. The first-order chi connectivity index (χ1) is 13.4. The van der Waals surface area contributed by atoms with Crippen molar-refractivity contribution in [3.05, 3.63) is 53.4 Å². The smallest absolute Gasteiger partial charge is 0.244 e. The van der Waals surface area contributed by atoms with E-state index in [-0.39, 0.29) is 11.8 Å². The van der Waals surface area contributed by atoms with Gasteiger partial charge in [-0.3, -0.25) is 14.3 Å². The first kappa shape index (κ1) is 21.2. The van der Waals surface area contributed by atoms with Crippen LogP contribution >= 0.6 is 0 Å². The fourth-order valence-electron chi connectivity index (χ4n) is 2.71. The maximum Gasteiger partial charge on any atom is 0.244 e. The van der Waals surface area contributed by atoms with Gasteiger partial charge in [0, 0.05) is 24.9 Å². The van der Waals surface area contributed by atoms with E-state index < -0.39 is 6.04 Å². The predicted molar refractivity (Wildman–Crippen MR) is 109 cm³/mol. The summed E-state index contributed by atoms with van der Waals surface area (Å²) in [6.07, 6.45) is 3.87. The maximum atomic E-state index is 12.1. The van der Waals surface area contributed by atoms with E-state index in [1.54, 1.807) is 20.1 Å². The number of aromatic nitrogens is 2. The highest BCUT2D eigenvalue weighted by molar-refractivity contribution is 5.95. The molecule has 1 unspecified atom stereocenters. The first-order valence-electron chi connectivity index (χ1n) is 9.30. The Morgan fingerprint density at radius 2 is 1.96 bits per heavy atom. The van der Waals surface area contributed by atoms with Gasteiger partial charge in [-0.25, -0.2) is 0 Å². The van der Waals surface area contributed by atoms with Gasteiger partial charge in [0.1, 0.15) is 11.8 Å². The largest absolute Gasteiger partial charge is 0.497 e. The van der Waals surface area contributed by atoms with Crippen LogP contribution in [0.2, 0.25) is 0 Å². The van der Waals surface area contributed by atoms with E-state index in [0.29, 0.717) is 6.54 Å². The lowest BCUT2D eigenvalue weighted by Crippen LogP contribution is -2.44. The number of amides is 2. The Morgan fingerprint density at radius 1 is 1.25 bits per heavy atom. The zero-order chi connectivity index (χ0) is 20.5. The number of hydrogen-bond acceptors (Lipinski definition) is 4. The molecule has 2 rings (SSSR count). The molecular weight excluding hydrogens is 356 g/mol. The summed E-state index contributed by atoms with van der Waals surface area (Å²) in [6, 6.07) is 8.75. The molecule has 0 fully saturated rings. The van der Waals surface area contributed by atoms with Crippen molar-refractivity contribution in [2.45, 2.75) is 39.8 Å². The van der Waals surface area contributed by atoms with Crippen LogP contribution < -0.4 is 15.4 Å². The monoisotopic (exact) mass is 384 g/mol. The molecule has 0 spiro atoms. The van der Waals surface area contributed by atoms with E-state index in [0.717, 1.165) is 35.7 Å². The molecule has 150 valence electrons. The molecule has 28 heavy (non-hydrogen) atoms. The standard InChI is InChI=1S/C21H28N4O3/c1-15-14-16(2)25(24-15)13-5-12-22-21(27)17(3)23-20(26)11-8-18-6-9-19(28-4)10-7-18/h6-11,14,17H,5,12-13H2,1-4H3,(H,22,27)(H,23,26)/b11-8+. The van der Waals surface area contributed by atoms with Crippen molar-refractivity contribution >= 4 is 17.9 Å². The van der Waals surface area contributed by atoms with Gasteiger partial charge in [-0.1, -0.05) is 12.1 Å². The molecule has 0 aliphatic carbocycles. The molecule has 0 saturated carbocycles. The molecule has 2 aromatic rings. The third-order valence-electron chi connectivity index (χ3n) is 4.24. The van der Waals surface area contributed by atoms with Crippen LogP contribution in [-0.4, -0.2) is 41.3 Å². The van der Waals surface area contributed by atoms with E-state index in [4.69, 9.17) is 4.74 Å². The van der Waals surface area contributed by atoms with Crippen molar-refractivity contribution in [2.24, 2.45) is 0 Å². The fourth-order valence-corrected chi connectivity index (χ4v) is 2.71. The Labute approximate surface area is 165 Å². The summed E-state index contributed by atoms with van der Waals surface area (Å²) in [5.41, 5.74) is 2.96. The summed E-state index contributed by atoms with van der Waals surface area (Å²) in [7, 11) is 1.60. The zero-order valence-electron chi connectivity index (χ0n) is 16.9. The van der Waals surface area contributed by atoms with Crippen LogP contribution in [0.4, 0.5) is 0 Å². The molecule has 1 aromatic heterocycles. The minimum Gasteiger partial charge on any atom is -0.497 e. The summed E-state index contributed by atoms with van der Waals surface area (Å²) in [6.45, 7) is 6.90. The average molecular weight is 384 g/mol. The second-order valence-electron chi connectivity index (χ2n) is 6.63. The van der Waals surface area contributed by atoms with Crippen molar-refractivity contribution in [2.75, 3.05) is 13.7 Å². The second kappa shape index (κ2) is 10.3. The molecule has 1 aromatic carbocycles. The molecule has 0 aliphatic heterocycles. The van der Waals surface area contributed by atoms with Gasteiger partial charge in [0.25, 0.3) is 0 Å². The molecule has 1 heterocycles. The van der Waals surface area contributed by atoms with Crippen molar-refractivity contribution < 1.29 is 14.3 Å². The molecule has 0 bridgehead atoms. The molecular formula is C21H28N4O3. The third kappa shape index (κ3) is 6.57. The van der Waals surface area contributed by atoms with Crippen LogP contribution in [0.1, 0.15) is 30.3 Å². The van der Waals surface area contributed by atoms with Crippen LogP contribution in [0.5, 0.6) is 5.75 Å². The Kier molecular flexibility index (Phi) is 7.80. The number of carbonyl (C=O) groups is 2. The molecule has 7 heteroatoms. The van der Waals surface area contributed by atoms with Gasteiger partial charge in [-0.15, -0.1) is 0 Å². The SMILES string of the molecule is COc1ccc(/C=C/C(=O)NC(C)C(=O)NCCCn2nc(C)cc2C)cc1. The minimum absolute atomic E-state index is 0.209. The van der Waals surface area contributed by atoms with Gasteiger partial charge >= 0.3 is 0 Å². The number of methoxy groups -OCH3 is 1. The van der Waals surface area contributed by atoms with Crippen LogP contribution in [0.3, 0.4) is 0 Å². The van der Waals surface area contributed by atoms with Gasteiger partial charge < -0.3 is 15.4 Å². The fraction of sp³-hybridized carbons (Fsp3) is 0.381. The van der Waals surface area contributed by atoms with Gasteiger partial charge in [0.15, 0.2) is 0 Å². The highest BCUT2D eigenvalue weighted by Gasteiger charge is 2.13. The van der Waals surface area contributed by atoms with Gasteiger partial charge in [-0.2, -0.15) is 5.10 Å². The Hall–Kier alpha value is -3.09. The Bertz CT molecular complexity index is 825. The number of hydrogen-bond donors (Lipinski definition) is 2. The number of rotatable bonds is 9. The number of nitrogens with one attached hydrogen (secondary N) is 2. The summed E-state index contributed by atoms with van der Waals surface area (Å²) in [5, 5.41) is 9.89. The van der Waals surface area contributed by atoms with Crippen LogP contribution in [0.25, 0.3) is 6.08 Å². The van der Waals surface area contributed by atoms with Gasteiger partial charge in [0.2, 0.25) is 11.8 Å². The summed E-state index contributed by atoms with van der Waals surface area (Å²) in [5.74, 6) is 0.227. The number of aryl methyl sites for hydroxylation is 3. The Balaban J connectivity index is 1.70. The second-order valence-corrected chi connectivity index (χ2v) is 6.63. The van der Waals surface area contributed by atoms with E-state index in [1.165, 1.54) is 6.08 Å². The normalized spacial score (nSPS) is 12.0. The maximum absolute atomic E-state index is 12.1. The van der Waals surface area contributed by atoms with Gasteiger partial charge in [0.05, 0.1) is 12.8 Å². The molecule has 0 saturated heterocycles. The van der Waals surface area contributed by atoms with E-state index in [1.807, 2.05) is 48.9 Å². The van der Waals surface area contributed by atoms with E-state index in [9.17, 15) is 9.59 Å². The molecule has 7 nitrogen and oxygen atoms in total. The van der Waals surface area contributed by atoms with Crippen LogP contribution in [-0.2, 0) is 16.1 Å². The van der Waals surface area contributed by atoms with Crippen LogP contribution in [0.15, 0.2) is 36.4 Å². The number of ether oxygens (including phenoxy) is 1. The molecule has 2 amide bonds. The van der Waals surface area contributed by atoms with E-state index >= 15 is 0 Å². The lowest BCUT2D eigenvalue weighted by atomic mass is 10.2. The molecule has 0 radical (unpaired) electrons. The number of carbonyl (C=O) groups excluding carboxylic acids is 2. The van der Waals surface area contributed by atoms with Crippen molar-refractivity contribution in [1.29, 1.82) is 0 Å².